The lowest BCUT2D eigenvalue weighted by Gasteiger charge is -2.40. The van der Waals surface area contributed by atoms with Gasteiger partial charge in [0.05, 0.1) is 5.69 Å². The van der Waals surface area contributed by atoms with Gasteiger partial charge in [-0.05, 0) is 55.0 Å². The maximum atomic E-state index is 15.4. The zero-order valence-corrected chi connectivity index (χ0v) is 19.7. The Bertz CT molecular complexity index is 1680. The molecule has 0 fully saturated rings. The number of aryl methyl sites for hydroxylation is 1. The SMILES string of the molecule is Cc1ccc(NC(=O)c2cccc(S(F)(F)(F)(F)F)c2)cc1-n1ccn2nc(-c3cccnc3)c(F)c12. The molecule has 1 amide bonds. The second-order valence-corrected chi connectivity index (χ2v) is 10.7. The second kappa shape index (κ2) is 7.62. The monoisotopic (exact) mass is 537 g/mol. The van der Waals surface area contributed by atoms with Crippen molar-refractivity contribution in [2.24, 2.45) is 0 Å². The number of rotatable bonds is 5. The van der Waals surface area contributed by atoms with Gasteiger partial charge in [0, 0.05) is 41.6 Å². The lowest BCUT2D eigenvalue weighted by atomic mass is 10.1. The summed E-state index contributed by atoms with van der Waals surface area (Å²) in [4.78, 5) is 14.4. The maximum Gasteiger partial charge on any atom is 0.310 e. The summed E-state index contributed by atoms with van der Waals surface area (Å²) in [6.07, 6.45) is 6.12. The highest BCUT2D eigenvalue weighted by Crippen LogP contribution is 3.02. The Labute approximate surface area is 205 Å². The number of aromatic nitrogens is 4. The molecule has 5 rings (SSSR count). The fraction of sp³-hybridized carbons (Fsp3) is 0.0417. The van der Waals surface area contributed by atoms with Crippen molar-refractivity contribution in [2.45, 2.75) is 11.8 Å². The van der Waals surface area contributed by atoms with Crippen LogP contribution in [0, 0.1) is 12.7 Å². The summed E-state index contributed by atoms with van der Waals surface area (Å²) in [5.41, 5.74) is 1.36. The minimum atomic E-state index is -9.96. The third-order valence-electron chi connectivity index (χ3n) is 5.62. The second-order valence-electron chi connectivity index (χ2n) is 8.29. The number of amides is 1. The average molecular weight is 537 g/mol. The summed E-state index contributed by atoms with van der Waals surface area (Å²) in [5, 5.41) is 6.68. The summed E-state index contributed by atoms with van der Waals surface area (Å²) in [5.74, 6) is -1.63. The third-order valence-corrected chi connectivity index (χ3v) is 6.76. The van der Waals surface area contributed by atoms with Crippen molar-refractivity contribution < 1.29 is 28.6 Å². The molecule has 3 heterocycles. The van der Waals surface area contributed by atoms with Gasteiger partial charge >= 0.3 is 10.2 Å². The van der Waals surface area contributed by atoms with Crippen LogP contribution in [0.4, 0.5) is 29.5 Å². The number of hydrogen-bond acceptors (Lipinski definition) is 3. The molecule has 2 aromatic carbocycles. The Morgan fingerprint density at radius 1 is 0.973 bits per heavy atom. The van der Waals surface area contributed by atoms with Crippen molar-refractivity contribution in [2.75, 3.05) is 5.32 Å². The van der Waals surface area contributed by atoms with E-state index in [2.05, 4.69) is 15.4 Å². The van der Waals surface area contributed by atoms with Gasteiger partial charge in [0.2, 0.25) is 0 Å². The van der Waals surface area contributed by atoms with E-state index in [1.165, 1.54) is 33.6 Å². The van der Waals surface area contributed by atoms with Crippen LogP contribution in [0.2, 0.25) is 0 Å². The Morgan fingerprint density at radius 2 is 1.76 bits per heavy atom. The maximum absolute atomic E-state index is 15.4. The molecule has 0 aliphatic heterocycles. The molecule has 0 unspecified atom stereocenters. The van der Waals surface area contributed by atoms with Gasteiger partial charge in [0.1, 0.15) is 10.6 Å². The lowest BCUT2D eigenvalue weighted by Crippen LogP contribution is -2.14. The van der Waals surface area contributed by atoms with Crippen LogP contribution in [0.3, 0.4) is 0 Å². The standard InChI is InChI=1S/C24H17F6N5OS/c1-15-7-8-18(32-23(36)16-4-2-6-19(12-16)37(26,27,28,29)30)13-20(15)34-10-11-35-24(34)21(25)22(33-35)17-5-3-9-31-14-17/h2-14H,1H3,(H,32,36). The van der Waals surface area contributed by atoms with Gasteiger partial charge in [-0.1, -0.05) is 31.6 Å². The zero-order valence-electron chi connectivity index (χ0n) is 18.9. The van der Waals surface area contributed by atoms with E-state index in [0.717, 1.165) is 12.1 Å². The van der Waals surface area contributed by atoms with E-state index in [1.54, 1.807) is 37.5 Å². The Kier molecular flexibility index (Phi) is 5.03. The number of benzene rings is 2. The fourth-order valence-corrected chi connectivity index (χ4v) is 4.52. The Hall–Kier alpha value is -4.26. The summed E-state index contributed by atoms with van der Waals surface area (Å²) >= 11 is 0. The van der Waals surface area contributed by atoms with E-state index in [4.69, 9.17) is 0 Å². The largest absolute Gasteiger partial charge is 0.322 e. The molecule has 37 heavy (non-hydrogen) atoms. The number of imidazole rings is 1. The molecule has 13 heteroatoms. The molecular weight excluding hydrogens is 520 g/mol. The van der Waals surface area contributed by atoms with Crippen LogP contribution < -0.4 is 5.32 Å². The molecule has 0 saturated heterocycles. The highest BCUT2D eigenvalue weighted by atomic mass is 32.5. The van der Waals surface area contributed by atoms with E-state index >= 15 is 4.39 Å². The van der Waals surface area contributed by atoms with E-state index in [-0.39, 0.29) is 29.2 Å². The normalized spacial score (nSPS) is 13.8. The number of hydrogen-bond donors (Lipinski definition) is 1. The number of pyridine rings is 1. The predicted octanol–water partition coefficient (Wildman–Crippen LogP) is 7.54. The molecule has 1 N–H and O–H groups in total. The van der Waals surface area contributed by atoms with Gasteiger partial charge < -0.3 is 5.32 Å². The highest BCUT2D eigenvalue weighted by Gasteiger charge is 2.65. The van der Waals surface area contributed by atoms with Gasteiger partial charge in [-0.3, -0.25) is 14.3 Å². The fourth-order valence-electron chi connectivity index (χ4n) is 3.83. The van der Waals surface area contributed by atoms with Crippen LogP contribution in [-0.4, -0.2) is 25.1 Å². The van der Waals surface area contributed by atoms with Crippen LogP contribution in [0.15, 0.2) is 84.3 Å². The van der Waals surface area contributed by atoms with Crippen LogP contribution in [0.5, 0.6) is 0 Å². The van der Waals surface area contributed by atoms with Crippen molar-refractivity contribution in [1.82, 2.24) is 19.2 Å². The number of carbonyl (C=O) groups is 1. The van der Waals surface area contributed by atoms with Gasteiger partial charge in [0.25, 0.3) is 5.91 Å². The first-order valence-corrected chi connectivity index (χ1v) is 12.6. The number of anilines is 1. The third kappa shape index (κ3) is 4.65. The molecule has 0 spiro atoms. The molecule has 0 atom stereocenters. The summed E-state index contributed by atoms with van der Waals surface area (Å²) < 4.78 is 84.1. The smallest absolute Gasteiger partial charge is 0.310 e. The molecule has 192 valence electrons. The number of nitrogens with one attached hydrogen (secondary N) is 1. The molecular formula is C24H17F6N5OS. The first-order chi connectivity index (χ1) is 17.2. The van der Waals surface area contributed by atoms with Crippen molar-refractivity contribution in [3.05, 3.63) is 96.3 Å². The van der Waals surface area contributed by atoms with E-state index in [1.807, 2.05) is 0 Å². The molecule has 0 radical (unpaired) electrons. The number of halogens is 6. The zero-order chi connectivity index (χ0) is 26.7. The van der Waals surface area contributed by atoms with Gasteiger partial charge in [-0.25, -0.2) is 8.91 Å². The molecule has 3 aromatic heterocycles. The molecule has 6 nitrogen and oxygen atoms in total. The number of nitrogens with zero attached hydrogens (tertiary/aromatic N) is 4. The lowest BCUT2D eigenvalue weighted by molar-refractivity contribution is 0.102. The highest BCUT2D eigenvalue weighted by molar-refractivity contribution is 8.45. The minimum absolute atomic E-state index is 0.0865. The topological polar surface area (TPSA) is 64.2 Å². The van der Waals surface area contributed by atoms with Crippen LogP contribution in [0.25, 0.3) is 22.6 Å². The summed E-state index contributed by atoms with van der Waals surface area (Å²) in [6.45, 7) is 1.74. The van der Waals surface area contributed by atoms with Crippen LogP contribution in [-0.2, 0) is 0 Å². The number of carbonyl (C=O) groups excluding carboxylic acids is 1. The number of fused-ring (bicyclic) bond motifs is 1. The molecule has 0 saturated carbocycles. The van der Waals surface area contributed by atoms with Gasteiger partial charge in [-0.15, -0.1) is 0 Å². The van der Waals surface area contributed by atoms with Gasteiger partial charge in [-0.2, -0.15) is 5.10 Å². The predicted molar refractivity (Wildman–Crippen MR) is 128 cm³/mol. The Balaban J connectivity index is 1.50. The van der Waals surface area contributed by atoms with Crippen molar-refractivity contribution >= 4 is 27.5 Å². The average Bonchev–Trinajstić information content (AvgIpc) is 3.40. The summed E-state index contributed by atoms with van der Waals surface area (Å²) in [7, 11) is -9.96. The van der Waals surface area contributed by atoms with Crippen LogP contribution >= 0.6 is 10.2 Å². The molecule has 0 aliphatic rings. The van der Waals surface area contributed by atoms with Crippen molar-refractivity contribution in [1.29, 1.82) is 0 Å². The molecule has 0 aliphatic carbocycles. The van der Waals surface area contributed by atoms with E-state index < -0.39 is 32.4 Å². The van der Waals surface area contributed by atoms with Crippen LogP contribution in [0.1, 0.15) is 15.9 Å². The van der Waals surface area contributed by atoms with Crippen molar-refractivity contribution in [3.8, 4) is 16.9 Å². The minimum Gasteiger partial charge on any atom is -0.322 e. The summed E-state index contributed by atoms with van der Waals surface area (Å²) in [6, 6.07) is 9.96. The quantitative estimate of drug-likeness (QED) is 0.236. The van der Waals surface area contributed by atoms with Crippen molar-refractivity contribution in [3.63, 3.8) is 0 Å². The van der Waals surface area contributed by atoms with E-state index in [0.29, 0.717) is 16.8 Å². The molecule has 5 aromatic rings. The first kappa shape index (κ1) is 24.4. The molecule has 0 bridgehead atoms. The Morgan fingerprint density at radius 3 is 2.46 bits per heavy atom. The van der Waals surface area contributed by atoms with E-state index in [9.17, 15) is 24.2 Å². The van der Waals surface area contributed by atoms with Gasteiger partial charge in [0.15, 0.2) is 11.5 Å². The first-order valence-electron chi connectivity index (χ1n) is 10.6.